The van der Waals surface area contributed by atoms with Crippen molar-refractivity contribution in [3.05, 3.63) is 53.6 Å². The van der Waals surface area contributed by atoms with Crippen LogP contribution in [0.3, 0.4) is 0 Å². The Kier molecular flexibility index (Phi) is 4.32. The molecule has 0 radical (unpaired) electrons. The van der Waals surface area contributed by atoms with Gasteiger partial charge in [0.25, 0.3) is 5.91 Å². The molecule has 1 fully saturated rings. The Bertz CT molecular complexity index is 1000. The van der Waals surface area contributed by atoms with Gasteiger partial charge in [-0.05, 0) is 24.6 Å². The van der Waals surface area contributed by atoms with E-state index in [1.54, 1.807) is 23.1 Å². The number of ether oxygens (including phenoxy) is 2. The SMILES string of the molecule is COc1ccc(S(=O)(=O)N2CCCN3C(=O)c4ccccc4C32)cc1OC. The number of nitrogens with zero attached hydrogens (tertiary/aromatic N) is 2. The van der Waals surface area contributed by atoms with Crippen LogP contribution in [0.5, 0.6) is 11.5 Å². The third-order valence-electron chi connectivity index (χ3n) is 5.04. The van der Waals surface area contributed by atoms with Gasteiger partial charge in [0.2, 0.25) is 10.0 Å². The highest BCUT2D eigenvalue weighted by molar-refractivity contribution is 7.89. The molecule has 7 nitrogen and oxygen atoms in total. The summed E-state index contributed by atoms with van der Waals surface area (Å²) in [4.78, 5) is 14.4. The van der Waals surface area contributed by atoms with Crippen LogP contribution in [0.1, 0.15) is 28.5 Å². The van der Waals surface area contributed by atoms with Gasteiger partial charge < -0.3 is 14.4 Å². The predicted molar refractivity (Wildman–Crippen MR) is 98.3 cm³/mol. The van der Waals surface area contributed by atoms with Gasteiger partial charge in [0, 0.05) is 30.3 Å². The van der Waals surface area contributed by atoms with Gasteiger partial charge in [0.15, 0.2) is 11.5 Å². The molecule has 27 heavy (non-hydrogen) atoms. The first kappa shape index (κ1) is 17.8. The molecule has 1 atom stereocenters. The van der Waals surface area contributed by atoms with E-state index in [1.165, 1.54) is 30.7 Å². The smallest absolute Gasteiger partial charge is 0.255 e. The number of carbonyl (C=O) groups excluding carboxylic acids is 1. The molecule has 4 rings (SSSR count). The molecule has 2 aromatic carbocycles. The molecule has 0 bridgehead atoms. The summed E-state index contributed by atoms with van der Waals surface area (Å²) in [6.07, 6.45) is -0.0245. The summed E-state index contributed by atoms with van der Waals surface area (Å²) in [5, 5.41) is 0. The normalized spacial score (nSPS) is 19.6. The standard InChI is InChI=1S/C19H20N2O5S/c1-25-16-9-8-13(12-17(16)26-2)27(23,24)21-11-5-10-20-18(21)14-6-3-4-7-15(14)19(20)22/h3-4,6-9,12,18H,5,10-11H2,1-2H3. The number of methoxy groups -OCH3 is 2. The highest BCUT2D eigenvalue weighted by Gasteiger charge is 2.46. The van der Waals surface area contributed by atoms with Crippen molar-refractivity contribution in [2.24, 2.45) is 0 Å². The summed E-state index contributed by atoms with van der Waals surface area (Å²) in [5.41, 5.74) is 1.29. The molecule has 0 aliphatic carbocycles. The second kappa shape index (κ2) is 6.54. The van der Waals surface area contributed by atoms with Crippen molar-refractivity contribution >= 4 is 15.9 Å². The first-order valence-corrected chi connectivity index (χ1v) is 10.1. The number of hydrogen-bond donors (Lipinski definition) is 0. The molecule has 1 amide bonds. The minimum atomic E-state index is -3.84. The Hall–Kier alpha value is -2.58. The van der Waals surface area contributed by atoms with Crippen molar-refractivity contribution in [1.82, 2.24) is 9.21 Å². The molecule has 2 aliphatic rings. The van der Waals surface area contributed by atoms with Crippen LogP contribution in [0.4, 0.5) is 0 Å². The first-order chi connectivity index (χ1) is 13.0. The van der Waals surface area contributed by atoms with Crippen LogP contribution >= 0.6 is 0 Å². The van der Waals surface area contributed by atoms with Gasteiger partial charge >= 0.3 is 0 Å². The Morgan fingerprint density at radius 1 is 1.00 bits per heavy atom. The van der Waals surface area contributed by atoms with Crippen molar-refractivity contribution in [3.8, 4) is 11.5 Å². The third-order valence-corrected chi connectivity index (χ3v) is 6.89. The highest BCUT2D eigenvalue weighted by atomic mass is 32.2. The van der Waals surface area contributed by atoms with E-state index in [0.717, 1.165) is 5.56 Å². The van der Waals surface area contributed by atoms with Crippen LogP contribution in [0.25, 0.3) is 0 Å². The van der Waals surface area contributed by atoms with Crippen LogP contribution in [0.2, 0.25) is 0 Å². The number of hydrogen-bond acceptors (Lipinski definition) is 5. The summed E-state index contributed by atoms with van der Waals surface area (Å²) in [7, 11) is -0.879. The average Bonchev–Trinajstić information content (AvgIpc) is 3.00. The van der Waals surface area contributed by atoms with Gasteiger partial charge in [-0.1, -0.05) is 18.2 Å². The number of amides is 1. The van der Waals surface area contributed by atoms with Crippen LogP contribution in [-0.2, 0) is 10.0 Å². The number of benzene rings is 2. The summed E-state index contributed by atoms with van der Waals surface area (Å²) >= 11 is 0. The second-order valence-electron chi connectivity index (χ2n) is 6.45. The molecule has 0 saturated carbocycles. The van der Waals surface area contributed by atoms with Crippen molar-refractivity contribution in [2.75, 3.05) is 27.3 Å². The minimum Gasteiger partial charge on any atom is -0.493 e. The lowest BCUT2D eigenvalue weighted by Crippen LogP contribution is -2.48. The maximum Gasteiger partial charge on any atom is 0.255 e. The van der Waals surface area contributed by atoms with E-state index in [-0.39, 0.29) is 10.8 Å². The zero-order valence-electron chi connectivity index (χ0n) is 15.1. The fourth-order valence-electron chi connectivity index (χ4n) is 3.77. The zero-order valence-corrected chi connectivity index (χ0v) is 15.9. The van der Waals surface area contributed by atoms with Gasteiger partial charge in [-0.25, -0.2) is 8.42 Å². The predicted octanol–water partition coefficient (Wildman–Crippen LogP) is 2.25. The van der Waals surface area contributed by atoms with Gasteiger partial charge in [-0.3, -0.25) is 4.79 Å². The maximum absolute atomic E-state index is 13.4. The number of carbonyl (C=O) groups is 1. The van der Waals surface area contributed by atoms with Crippen LogP contribution in [0.15, 0.2) is 47.4 Å². The van der Waals surface area contributed by atoms with Crippen molar-refractivity contribution in [3.63, 3.8) is 0 Å². The lowest BCUT2D eigenvalue weighted by atomic mass is 10.1. The van der Waals surface area contributed by atoms with Crippen molar-refractivity contribution in [1.29, 1.82) is 0 Å². The van der Waals surface area contributed by atoms with Crippen LogP contribution in [0, 0.1) is 0 Å². The quantitative estimate of drug-likeness (QED) is 0.803. The van der Waals surface area contributed by atoms with E-state index in [1.807, 2.05) is 12.1 Å². The molecular formula is C19H20N2O5S. The van der Waals surface area contributed by atoms with Crippen LogP contribution < -0.4 is 9.47 Å². The number of sulfonamides is 1. The Labute approximate surface area is 158 Å². The lowest BCUT2D eigenvalue weighted by molar-refractivity contribution is 0.0470. The Balaban J connectivity index is 1.79. The molecule has 1 saturated heterocycles. The molecular weight excluding hydrogens is 368 g/mol. The summed E-state index contributed by atoms with van der Waals surface area (Å²) in [6, 6.07) is 11.7. The molecule has 1 unspecified atom stereocenters. The zero-order chi connectivity index (χ0) is 19.2. The van der Waals surface area contributed by atoms with Crippen LogP contribution in [-0.4, -0.2) is 50.8 Å². The fraction of sp³-hybridized carbons (Fsp3) is 0.316. The maximum atomic E-state index is 13.4. The van der Waals surface area contributed by atoms with E-state index in [9.17, 15) is 13.2 Å². The lowest BCUT2D eigenvalue weighted by Gasteiger charge is -2.39. The largest absolute Gasteiger partial charge is 0.493 e. The van der Waals surface area contributed by atoms with E-state index in [0.29, 0.717) is 36.6 Å². The third kappa shape index (κ3) is 2.67. The molecule has 0 aromatic heterocycles. The van der Waals surface area contributed by atoms with Gasteiger partial charge in [-0.15, -0.1) is 0 Å². The molecule has 0 N–H and O–H groups in total. The van der Waals surface area contributed by atoms with Gasteiger partial charge in [0.05, 0.1) is 19.1 Å². The molecule has 2 aliphatic heterocycles. The molecule has 2 heterocycles. The fourth-order valence-corrected chi connectivity index (χ4v) is 5.39. The summed E-state index contributed by atoms with van der Waals surface area (Å²) in [6.45, 7) is 0.885. The van der Waals surface area contributed by atoms with E-state index in [2.05, 4.69) is 0 Å². The second-order valence-corrected chi connectivity index (χ2v) is 8.34. The highest BCUT2D eigenvalue weighted by Crippen LogP contribution is 2.42. The number of rotatable bonds is 4. The molecule has 142 valence electrons. The van der Waals surface area contributed by atoms with E-state index in [4.69, 9.17) is 9.47 Å². The van der Waals surface area contributed by atoms with Crippen molar-refractivity contribution < 1.29 is 22.7 Å². The monoisotopic (exact) mass is 388 g/mol. The Morgan fingerprint density at radius 2 is 1.74 bits per heavy atom. The first-order valence-electron chi connectivity index (χ1n) is 8.63. The van der Waals surface area contributed by atoms with Crippen molar-refractivity contribution in [2.45, 2.75) is 17.5 Å². The van der Waals surface area contributed by atoms with E-state index < -0.39 is 16.2 Å². The van der Waals surface area contributed by atoms with Gasteiger partial charge in [-0.2, -0.15) is 4.31 Å². The molecule has 0 spiro atoms. The molecule has 2 aromatic rings. The summed E-state index contributed by atoms with van der Waals surface area (Å²) in [5.74, 6) is 0.677. The Morgan fingerprint density at radius 3 is 2.48 bits per heavy atom. The molecule has 8 heteroatoms. The van der Waals surface area contributed by atoms with Gasteiger partial charge in [0.1, 0.15) is 6.17 Å². The summed E-state index contributed by atoms with van der Waals surface area (Å²) < 4.78 is 38.7. The van der Waals surface area contributed by atoms with E-state index >= 15 is 0 Å². The average molecular weight is 388 g/mol. The topological polar surface area (TPSA) is 76.2 Å². The minimum absolute atomic E-state index is 0.110. The number of fused-ring (bicyclic) bond motifs is 3.